The number of aromatic nitrogens is 4. The third-order valence-corrected chi connectivity index (χ3v) is 6.16. The molecule has 1 aliphatic heterocycles. The van der Waals surface area contributed by atoms with Crippen molar-refractivity contribution in [3.8, 4) is 11.4 Å². The molecule has 0 saturated carbocycles. The summed E-state index contributed by atoms with van der Waals surface area (Å²) >= 11 is 1.45. The Hall–Kier alpha value is -2.93. The van der Waals surface area contributed by atoms with Crippen molar-refractivity contribution in [3.63, 3.8) is 0 Å². The number of benzene rings is 1. The van der Waals surface area contributed by atoms with Gasteiger partial charge < -0.3 is 4.90 Å². The molecule has 3 aromatic rings. The maximum Gasteiger partial charge on any atom is 0.240 e. The van der Waals surface area contributed by atoms with Crippen LogP contribution in [-0.2, 0) is 11.3 Å². The van der Waals surface area contributed by atoms with Gasteiger partial charge in [-0.05, 0) is 30.5 Å². The fraction of sp³-hybridized carbons (Fsp3) is 0.273. The minimum Gasteiger partial charge on any atom is -0.341 e. The number of hydrogen-bond donors (Lipinski definition) is 0. The zero-order valence-corrected chi connectivity index (χ0v) is 17.0. The van der Waals surface area contributed by atoms with Crippen molar-refractivity contribution in [2.45, 2.75) is 29.8 Å². The van der Waals surface area contributed by atoms with Crippen LogP contribution in [0.4, 0.5) is 0 Å². The number of nitrogens with zero attached hydrogens (tertiary/aromatic N) is 5. The van der Waals surface area contributed by atoms with Gasteiger partial charge in [0.2, 0.25) is 5.91 Å². The highest BCUT2D eigenvalue weighted by atomic mass is 32.2. The average molecular weight is 406 g/mol. The van der Waals surface area contributed by atoms with E-state index in [-0.39, 0.29) is 11.2 Å². The van der Waals surface area contributed by atoms with Crippen LogP contribution >= 0.6 is 11.8 Å². The number of pyridine rings is 1. The van der Waals surface area contributed by atoms with Gasteiger partial charge in [0, 0.05) is 37.6 Å². The lowest BCUT2D eigenvalue weighted by molar-refractivity contribution is -0.129. The molecule has 1 aromatic carbocycles. The van der Waals surface area contributed by atoms with E-state index in [4.69, 9.17) is 0 Å². The summed E-state index contributed by atoms with van der Waals surface area (Å²) in [5, 5.41) is 9.17. The molecule has 0 spiro atoms. The number of carbonyl (C=O) groups excluding carboxylic acids is 1. The molecule has 0 N–H and O–H groups in total. The van der Waals surface area contributed by atoms with Crippen LogP contribution in [-0.4, -0.2) is 43.6 Å². The second-order valence-corrected chi connectivity index (χ2v) is 7.95. The van der Waals surface area contributed by atoms with Crippen LogP contribution in [0.5, 0.6) is 0 Å². The first-order valence-corrected chi connectivity index (χ1v) is 10.6. The quantitative estimate of drug-likeness (QED) is 0.439. The molecular formula is C22H23N5OS. The number of carbonyl (C=O) groups is 1. The molecule has 0 bridgehead atoms. The standard InChI is InChI=1S/C22H23N5OS/c1-2-14-27-20(18-10-12-23-13-11-18)24-25-22(27)29-19(17-8-4-3-5-9-17)21(28)26-15-6-7-16-26/h2-5,8-13,19H,1,6-7,14-16H2/t19-/m0/s1. The lowest BCUT2D eigenvalue weighted by Gasteiger charge is -2.23. The molecule has 29 heavy (non-hydrogen) atoms. The minimum atomic E-state index is -0.354. The summed E-state index contributed by atoms with van der Waals surface area (Å²) in [6.07, 6.45) is 7.42. The van der Waals surface area contributed by atoms with Crippen LogP contribution in [0.1, 0.15) is 23.7 Å². The number of thioether (sulfide) groups is 1. The summed E-state index contributed by atoms with van der Waals surface area (Å²) in [5.74, 6) is 0.882. The number of likely N-dealkylation sites (tertiary alicyclic amines) is 1. The molecule has 0 unspecified atom stereocenters. The number of amides is 1. The fourth-order valence-electron chi connectivity index (χ4n) is 3.48. The van der Waals surface area contributed by atoms with Crippen molar-refractivity contribution in [1.29, 1.82) is 0 Å². The SMILES string of the molecule is C=CCn1c(S[C@H](C(=O)N2CCCC2)c2ccccc2)nnc1-c1ccncc1. The monoisotopic (exact) mass is 405 g/mol. The first-order chi connectivity index (χ1) is 14.3. The van der Waals surface area contributed by atoms with Crippen molar-refractivity contribution < 1.29 is 4.79 Å². The molecule has 7 heteroatoms. The van der Waals surface area contributed by atoms with Gasteiger partial charge in [-0.2, -0.15) is 0 Å². The van der Waals surface area contributed by atoms with Crippen LogP contribution in [0.3, 0.4) is 0 Å². The van der Waals surface area contributed by atoms with Crippen molar-refractivity contribution >= 4 is 17.7 Å². The van der Waals surface area contributed by atoms with Crippen LogP contribution in [0.25, 0.3) is 11.4 Å². The van der Waals surface area contributed by atoms with Crippen LogP contribution < -0.4 is 0 Å². The molecule has 1 fully saturated rings. The molecule has 3 heterocycles. The van der Waals surface area contributed by atoms with Gasteiger partial charge in [0.1, 0.15) is 5.25 Å². The van der Waals surface area contributed by atoms with Gasteiger partial charge in [-0.15, -0.1) is 16.8 Å². The van der Waals surface area contributed by atoms with Crippen molar-refractivity contribution in [2.75, 3.05) is 13.1 Å². The van der Waals surface area contributed by atoms with Gasteiger partial charge in [-0.1, -0.05) is 48.2 Å². The lowest BCUT2D eigenvalue weighted by atomic mass is 10.1. The number of rotatable bonds is 7. The zero-order valence-electron chi connectivity index (χ0n) is 16.1. The Morgan fingerprint density at radius 1 is 1.10 bits per heavy atom. The van der Waals surface area contributed by atoms with Gasteiger partial charge >= 0.3 is 0 Å². The van der Waals surface area contributed by atoms with E-state index >= 15 is 0 Å². The van der Waals surface area contributed by atoms with E-state index in [9.17, 15) is 4.79 Å². The normalized spacial score (nSPS) is 14.7. The van der Waals surface area contributed by atoms with Crippen LogP contribution in [0.15, 0.2) is 72.7 Å². The van der Waals surface area contributed by atoms with E-state index in [2.05, 4.69) is 21.8 Å². The van der Waals surface area contributed by atoms with Crippen LogP contribution in [0.2, 0.25) is 0 Å². The second kappa shape index (κ2) is 9.05. The first kappa shape index (κ1) is 19.4. The Kier molecular flexibility index (Phi) is 6.05. The maximum absolute atomic E-state index is 13.3. The van der Waals surface area contributed by atoms with E-state index in [1.165, 1.54) is 11.8 Å². The smallest absolute Gasteiger partial charge is 0.240 e. The Morgan fingerprint density at radius 2 is 1.83 bits per heavy atom. The number of hydrogen-bond acceptors (Lipinski definition) is 5. The van der Waals surface area contributed by atoms with E-state index in [1.807, 2.05) is 58.0 Å². The topological polar surface area (TPSA) is 63.9 Å². The molecule has 0 radical (unpaired) electrons. The minimum absolute atomic E-state index is 0.136. The van der Waals surface area contributed by atoms with E-state index < -0.39 is 0 Å². The summed E-state index contributed by atoms with van der Waals surface area (Å²) in [6.45, 7) is 6.08. The van der Waals surface area contributed by atoms with Crippen LogP contribution in [0, 0.1) is 0 Å². The summed E-state index contributed by atoms with van der Waals surface area (Å²) in [7, 11) is 0. The molecule has 148 valence electrons. The summed E-state index contributed by atoms with van der Waals surface area (Å²) < 4.78 is 2.00. The molecule has 1 atom stereocenters. The fourth-order valence-corrected chi connectivity index (χ4v) is 4.61. The second-order valence-electron chi connectivity index (χ2n) is 6.88. The predicted octanol–water partition coefficient (Wildman–Crippen LogP) is 3.98. The summed E-state index contributed by atoms with van der Waals surface area (Å²) in [5.41, 5.74) is 1.91. The third-order valence-electron chi connectivity index (χ3n) is 4.93. The van der Waals surface area contributed by atoms with E-state index in [0.29, 0.717) is 11.7 Å². The highest BCUT2D eigenvalue weighted by molar-refractivity contribution is 8.00. The molecular weight excluding hydrogens is 382 g/mol. The average Bonchev–Trinajstić information content (AvgIpc) is 3.44. The van der Waals surface area contributed by atoms with Gasteiger partial charge in [-0.25, -0.2) is 0 Å². The lowest BCUT2D eigenvalue weighted by Crippen LogP contribution is -2.31. The molecule has 6 nitrogen and oxygen atoms in total. The molecule has 0 aliphatic carbocycles. The van der Waals surface area contributed by atoms with Crippen molar-refractivity contribution in [2.24, 2.45) is 0 Å². The Labute approximate surface area is 174 Å². The Balaban J connectivity index is 1.69. The Bertz CT molecular complexity index is 967. The molecule has 1 aliphatic rings. The maximum atomic E-state index is 13.3. The van der Waals surface area contributed by atoms with E-state index in [1.54, 1.807) is 12.4 Å². The van der Waals surface area contributed by atoms with Gasteiger partial charge in [0.05, 0.1) is 0 Å². The summed E-state index contributed by atoms with van der Waals surface area (Å²) in [4.78, 5) is 19.4. The third kappa shape index (κ3) is 4.24. The van der Waals surface area contributed by atoms with Gasteiger partial charge in [0.25, 0.3) is 0 Å². The molecule has 1 saturated heterocycles. The predicted molar refractivity (Wildman–Crippen MR) is 114 cm³/mol. The number of allylic oxidation sites excluding steroid dienone is 1. The molecule has 2 aromatic heterocycles. The largest absolute Gasteiger partial charge is 0.341 e. The first-order valence-electron chi connectivity index (χ1n) is 9.73. The van der Waals surface area contributed by atoms with Crippen molar-refractivity contribution in [3.05, 3.63) is 73.1 Å². The molecule has 4 rings (SSSR count). The van der Waals surface area contributed by atoms with Gasteiger partial charge in [0.15, 0.2) is 11.0 Å². The van der Waals surface area contributed by atoms with Gasteiger partial charge in [-0.3, -0.25) is 14.3 Å². The highest BCUT2D eigenvalue weighted by Gasteiger charge is 2.30. The zero-order chi connectivity index (χ0) is 20.1. The van der Waals surface area contributed by atoms with E-state index in [0.717, 1.165) is 42.9 Å². The van der Waals surface area contributed by atoms with Crippen molar-refractivity contribution in [1.82, 2.24) is 24.6 Å². The summed E-state index contributed by atoms with van der Waals surface area (Å²) in [6, 6.07) is 13.7. The highest BCUT2D eigenvalue weighted by Crippen LogP contribution is 2.37. The Morgan fingerprint density at radius 3 is 2.52 bits per heavy atom. The molecule has 1 amide bonds.